The van der Waals surface area contributed by atoms with Gasteiger partial charge in [-0.05, 0) is 35.4 Å². The number of fused-ring (bicyclic) bond motifs is 2. The molecule has 0 aromatic heterocycles. The van der Waals surface area contributed by atoms with Crippen molar-refractivity contribution < 1.29 is 9.47 Å². The van der Waals surface area contributed by atoms with Crippen LogP contribution in [0.4, 0.5) is 0 Å². The molecule has 4 nitrogen and oxygen atoms in total. The molecule has 4 heteroatoms. The molecule has 4 aromatic rings. The molecular weight excluding hydrogens is 420 g/mol. The fraction of sp³-hybridized carbons (Fsp3) is 0.133. The highest BCUT2D eigenvalue weighted by Crippen LogP contribution is 2.37. The van der Waals surface area contributed by atoms with Crippen LogP contribution in [0.2, 0.25) is 0 Å². The number of benzene rings is 4. The third kappa shape index (κ3) is 3.99. The minimum absolute atomic E-state index is 0.0888. The average Bonchev–Trinajstić information content (AvgIpc) is 2.92. The first-order chi connectivity index (χ1) is 16.8. The van der Waals surface area contributed by atoms with Gasteiger partial charge in [-0.15, -0.1) is 0 Å². The Morgan fingerprint density at radius 1 is 0.471 bits per heavy atom. The maximum atomic E-state index is 6.32. The molecule has 0 radical (unpaired) electrons. The molecule has 0 N–H and O–H groups in total. The minimum atomic E-state index is -0.0888. The van der Waals surface area contributed by atoms with Crippen molar-refractivity contribution in [1.82, 2.24) is 0 Å². The normalized spacial score (nSPS) is 21.3. The first-order valence-electron chi connectivity index (χ1n) is 11.6. The number of hydrogen-bond donors (Lipinski definition) is 0. The summed E-state index contributed by atoms with van der Waals surface area (Å²) in [6.07, 6.45) is 1.15. The van der Waals surface area contributed by atoms with Gasteiger partial charge in [0.1, 0.15) is 23.7 Å². The lowest BCUT2D eigenvalue weighted by Gasteiger charge is -2.28. The van der Waals surface area contributed by atoms with E-state index in [4.69, 9.17) is 19.7 Å². The number of rotatable bonds is 3. The van der Waals surface area contributed by atoms with Crippen LogP contribution in [0.15, 0.2) is 119 Å². The predicted molar refractivity (Wildman–Crippen MR) is 135 cm³/mol. The Morgan fingerprint density at radius 3 is 1.29 bits per heavy atom. The van der Waals surface area contributed by atoms with Crippen molar-refractivity contribution in [2.75, 3.05) is 0 Å². The van der Waals surface area contributed by atoms with Gasteiger partial charge in [-0.25, -0.2) is 0 Å². The van der Waals surface area contributed by atoms with Crippen molar-refractivity contribution in [3.8, 4) is 11.5 Å². The van der Waals surface area contributed by atoms with Crippen LogP contribution in [-0.2, 0) is 0 Å². The van der Waals surface area contributed by atoms with Gasteiger partial charge in [-0.2, -0.15) is 10.2 Å². The highest BCUT2D eigenvalue weighted by Gasteiger charge is 2.28. The van der Waals surface area contributed by atoms with E-state index in [0.29, 0.717) is 12.8 Å². The van der Waals surface area contributed by atoms with E-state index in [1.807, 2.05) is 72.8 Å². The summed E-state index contributed by atoms with van der Waals surface area (Å²) < 4.78 is 12.6. The van der Waals surface area contributed by atoms with Gasteiger partial charge in [-0.1, -0.05) is 84.9 Å². The lowest BCUT2D eigenvalue weighted by Crippen LogP contribution is -2.22. The van der Waals surface area contributed by atoms with E-state index < -0.39 is 0 Å². The molecule has 34 heavy (non-hydrogen) atoms. The van der Waals surface area contributed by atoms with Crippen molar-refractivity contribution in [3.63, 3.8) is 0 Å². The second kappa shape index (κ2) is 8.99. The Bertz CT molecular complexity index is 1260. The quantitative estimate of drug-likeness (QED) is 0.322. The maximum absolute atomic E-state index is 6.32. The van der Waals surface area contributed by atoms with Crippen LogP contribution in [0.3, 0.4) is 0 Å². The third-order valence-electron chi connectivity index (χ3n) is 6.33. The van der Waals surface area contributed by atoms with Crippen LogP contribution in [0, 0.1) is 0 Å². The van der Waals surface area contributed by atoms with Crippen molar-refractivity contribution in [3.05, 3.63) is 131 Å². The molecule has 2 heterocycles. The molecular formula is C30H24N2O2. The molecule has 2 aliphatic heterocycles. The van der Waals surface area contributed by atoms with E-state index in [2.05, 4.69) is 36.4 Å². The molecule has 0 amide bonds. The molecule has 4 aromatic carbocycles. The number of nitrogens with zero attached hydrogens (tertiary/aromatic N) is 2. The monoisotopic (exact) mass is 444 g/mol. The zero-order valence-electron chi connectivity index (χ0n) is 18.7. The van der Waals surface area contributed by atoms with Crippen LogP contribution in [0.25, 0.3) is 0 Å². The molecule has 6 rings (SSSR count). The molecule has 2 aliphatic rings. The molecule has 2 unspecified atom stereocenters. The molecule has 0 fully saturated rings. The van der Waals surface area contributed by atoms with Crippen molar-refractivity contribution >= 4 is 11.4 Å². The van der Waals surface area contributed by atoms with Crippen LogP contribution < -0.4 is 9.47 Å². The highest BCUT2D eigenvalue weighted by molar-refractivity contribution is 6.07. The van der Waals surface area contributed by atoms with Crippen molar-refractivity contribution in [2.45, 2.75) is 25.0 Å². The Labute approximate surface area is 199 Å². The van der Waals surface area contributed by atoms with Gasteiger partial charge in [0.25, 0.3) is 0 Å². The van der Waals surface area contributed by atoms with Gasteiger partial charge in [0.05, 0.1) is 11.4 Å². The van der Waals surface area contributed by atoms with E-state index in [1.54, 1.807) is 0 Å². The fourth-order valence-electron chi connectivity index (χ4n) is 4.59. The molecule has 0 aliphatic carbocycles. The predicted octanol–water partition coefficient (Wildman–Crippen LogP) is 6.93. The van der Waals surface area contributed by atoms with Crippen LogP contribution >= 0.6 is 0 Å². The Hall–Kier alpha value is -4.18. The summed E-state index contributed by atoms with van der Waals surface area (Å²) >= 11 is 0. The average molecular weight is 445 g/mol. The maximum Gasteiger partial charge on any atom is 0.129 e. The summed E-state index contributed by atoms with van der Waals surface area (Å²) in [4.78, 5) is 0. The lowest BCUT2D eigenvalue weighted by atomic mass is 9.95. The summed E-state index contributed by atoms with van der Waals surface area (Å²) in [6.45, 7) is 0. The summed E-state index contributed by atoms with van der Waals surface area (Å²) in [5, 5.41) is 9.64. The Morgan fingerprint density at radius 2 is 0.853 bits per heavy atom. The zero-order valence-corrected chi connectivity index (χ0v) is 18.7. The van der Waals surface area contributed by atoms with Gasteiger partial charge in [-0.3, -0.25) is 0 Å². The van der Waals surface area contributed by atoms with E-state index >= 15 is 0 Å². The van der Waals surface area contributed by atoms with Gasteiger partial charge >= 0.3 is 0 Å². The minimum Gasteiger partial charge on any atom is -0.485 e. The van der Waals surface area contributed by atoms with E-state index in [-0.39, 0.29) is 12.2 Å². The molecule has 166 valence electrons. The number of ether oxygens (including phenoxy) is 2. The third-order valence-corrected chi connectivity index (χ3v) is 6.33. The van der Waals surface area contributed by atoms with Gasteiger partial charge in [0, 0.05) is 24.0 Å². The van der Waals surface area contributed by atoms with Crippen LogP contribution in [-0.4, -0.2) is 11.4 Å². The zero-order chi connectivity index (χ0) is 22.7. The van der Waals surface area contributed by atoms with Crippen molar-refractivity contribution in [1.29, 1.82) is 0 Å². The summed E-state index contributed by atoms with van der Waals surface area (Å²) in [7, 11) is 0. The van der Waals surface area contributed by atoms with E-state index in [1.165, 1.54) is 0 Å². The smallest absolute Gasteiger partial charge is 0.129 e. The second-order valence-electron chi connectivity index (χ2n) is 8.53. The van der Waals surface area contributed by atoms with Crippen molar-refractivity contribution in [2.24, 2.45) is 10.2 Å². The Balaban J connectivity index is 1.39. The first-order valence-corrected chi connectivity index (χ1v) is 11.6. The van der Waals surface area contributed by atoms with Gasteiger partial charge < -0.3 is 9.47 Å². The standard InChI is InChI=1S/C30H24N2O2/c1-3-11-21(12-4-1)29-19-25(23-15-7-9-17-27(23)33-29)31-32-26-20-30(22-13-5-2-6-14-22)34-28-18-10-8-16-24(26)28/h1-18,29-30H,19-20H2. The summed E-state index contributed by atoms with van der Waals surface area (Å²) in [6, 6.07) is 36.7. The number of hydrogen-bond acceptors (Lipinski definition) is 4. The number of para-hydroxylation sites is 2. The molecule has 0 saturated heterocycles. The molecule has 0 bridgehead atoms. The molecule has 2 atom stereocenters. The summed E-state index contributed by atoms with van der Waals surface area (Å²) in [5.41, 5.74) is 6.14. The fourth-order valence-corrected chi connectivity index (χ4v) is 4.59. The Kier molecular flexibility index (Phi) is 5.40. The largest absolute Gasteiger partial charge is 0.485 e. The first kappa shape index (κ1) is 20.4. The van der Waals surface area contributed by atoms with E-state index in [9.17, 15) is 0 Å². The second-order valence-corrected chi connectivity index (χ2v) is 8.53. The van der Waals surface area contributed by atoms with Gasteiger partial charge in [0.15, 0.2) is 0 Å². The SMILES string of the molecule is c1ccc(C2CC(=NN=C3CC(c4ccccc4)Oc4ccccc43)c3ccccc3O2)cc1. The molecule has 0 spiro atoms. The van der Waals surface area contributed by atoms with Crippen LogP contribution in [0.5, 0.6) is 11.5 Å². The lowest BCUT2D eigenvalue weighted by molar-refractivity contribution is 0.205. The molecule has 0 saturated carbocycles. The van der Waals surface area contributed by atoms with Crippen LogP contribution in [0.1, 0.15) is 47.3 Å². The highest BCUT2D eigenvalue weighted by atomic mass is 16.5. The van der Waals surface area contributed by atoms with Gasteiger partial charge in [0.2, 0.25) is 0 Å². The topological polar surface area (TPSA) is 43.2 Å². The van der Waals surface area contributed by atoms with E-state index in [0.717, 1.165) is 45.2 Å². The summed E-state index contributed by atoms with van der Waals surface area (Å²) in [5.74, 6) is 1.69.